The molecule has 0 radical (unpaired) electrons. The Morgan fingerprint density at radius 3 is 2.70 bits per heavy atom. The minimum absolute atomic E-state index is 0.216. The van der Waals surface area contributed by atoms with Gasteiger partial charge in [-0.3, -0.25) is 19.7 Å². The first-order chi connectivity index (χ1) is 10.7. The Bertz CT molecular complexity index is 722. The molecule has 23 heavy (non-hydrogen) atoms. The SMILES string of the molecule is CC(=O)[C@H]1[C@H](c2cccc([N+](=O)[O-])c2)[C@@H](C#N)C(=O)N[C@]1(C)O. The van der Waals surface area contributed by atoms with Crippen LogP contribution in [0.25, 0.3) is 0 Å². The summed E-state index contributed by atoms with van der Waals surface area (Å²) >= 11 is 0. The first kappa shape index (κ1) is 16.6. The monoisotopic (exact) mass is 317 g/mol. The summed E-state index contributed by atoms with van der Waals surface area (Å²) in [5.41, 5.74) is -1.76. The standard InChI is InChI=1S/C15H15N3O5/c1-8(19)13-12(9-4-3-5-10(6-9)18(22)23)11(7-16)14(20)17-15(13,2)21/h3-6,11-13,21H,1-2H3,(H,17,20)/t11-,12-,13+,15-/m1/s1. The average Bonchev–Trinajstić information content (AvgIpc) is 2.45. The number of rotatable bonds is 3. The fourth-order valence-electron chi connectivity index (χ4n) is 3.13. The summed E-state index contributed by atoms with van der Waals surface area (Å²) in [6.45, 7) is 2.52. The maximum atomic E-state index is 12.1. The largest absolute Gasteiger partial charge is 0.370 e. The number of carbonyl (C=O) groups excluding carboxylic acids is 2. The normalized spacial score (nSPS) is 30.2. The van der Waals surface area contributed by atoms with Gasteiger partial charge in [-0.15, -0.1) is 0 Å². The molecule has 0 bridgehead atoms. The summed E-state index contributed by atoms with van der Waals surface area (Å²) in [5.74, 6) is -4.43. The van der Waals surface area contributed by atoms with Gasteiger partial charge in [-0.05, 0) is 19.4 Å². The lowest BCUT2D eigenvalue weighted by Crippen LogP contribution is -2.62. The van der Waals surface area contributed by atoms with E-state index in [-0.39, 0.29) is 5.69 Å². The molecule has 4 atom stereocenters. The first-order valence-electron chi connectivity index (χ1n) is 6.88. The molecular formula is C15H15N3O5. The number of ketones is 1. The molecule has 1 saturated heterocycles. The molecule has 8 nitrogen and oxygen atoms in total. The zero-order valence-corrected chi connectivity index (χ0v) is 12.5. The number of aliphatic hydroxyl groups is 1. The second-order valence-electron chi connectivity index (χ2n) is 5.71. The topological polar surface area (TPSA) is 133 Å². The molecule has 0 aromatic heterocycles. The van der Waals surface area contributed by atoms with Gasteiger partial charge in [0.1, 0.15) is 17.4 Å². The molecule has 1 aromatic rings. The number of Topliss-reactive ketones (excluding diaryl/α,β-unsaturated/α-hetero) is 1. The van der Waals surface area contributed by atoms with E-state index in [1.54, 1.807) is 0 Å². The molecule has 0 spiro atoms. The Balaban J connectivity index is 2.63. The quantitative estimate of drug-likeness (QED) is 0.627. The van der Waals surface area contributed by atoms with E-state index < -0.39 is 40.1 Å². The lowest BCUT2D eigenvalue weighted by molar-refractivity contribution is -0.385. The van der Waals surface area contributed by atoms with E-state index in [1.807, 2.05) is 6.07 Å². The molecule has 1 heterocycles. The molecule has 1 aromatic carbocycles. The smallest absolute Gasteiger partial charge is 0.269 e. The van der Waals surface area contributed by atoms with Crippen LogP contribution in [-0.2, 0) is 9.59 Å². The predicted molar refractivity (Wildman–Crippen MR) is 77.9 cm³/mol. The third-order valence-corrected chi connectivity index (χ3v) is 4.03. The summed E-state index contributed by atoms with van der Waals surface area (Å²) in [6, 6.07) is 7.25. The van der Waals surface area contributed by atoms with Gasteiger partial charge in [0.15, 0.2) is 0 Å². The summed E-state index contributed by atoms with van der Waals surface area (Å²) in [4.78, 5) is 34.4. The molecule has 1 fully saturated rings. The van der Waals surface area contributed by atoms with Crippen molar-refractivity contribution in [2.75, 3.05) is 0 Å². The Morgan fingerprint density at radius 1 is 1.52 bits per heavy atom. The molecule has 2 rings (SSSR count). The second-order valence-corrected chi connectivity index (χ2v) is 5.71. The van der Waals surface area contributed by atoms with E-state index in [1.165, 1.54) is 38.1 Å². The van der Waals surface area contributed by atoms with Gasteiger partial charge in [-0.2, -0.15) is 5.26 Å². The molecule has 1 amide bonds. The fourth-order valence-corrected chi connectivity index (χ4v) is 3.13. The van der Waals surface area contributed by atoms with Crippen molar-refractivity contribution >= 4 is 17.4 Å². The molecule has 1 aliphatic rings. The van der Waals surface area contributed by atoms with Crippen molar-refractivity contribution in [2.24, 2.45) is 11.8 Å². The maximum absolute atomic E-state index is 12.1. The van der Waals surface area contributed by atoms with Crippen LogP contribution in [0, 0.1) is 33.3 Å². The van der Waals surface area contributed by atoms with Crippen molar-refractivity contribution in [1.29, 1.82) is 5.26 Å². The Morgan fingerprint density at radius 2 is 2.17 bits per heavy atom. The first-order valence-corrected chi connectivity index (χ1v) is 6.88. The number of nitrogens with zero attached hydrogens (tertiary/aromatic N) is 2. The zero-order chi connectivity index (χ0) is 17.4. The van der Waals surface area contributed by atoms with Crippen LogP contribution in [0.15, 0.2) is 24.3 Å². The number of non-ortho nitro benzene ring substituents is 1. The lowest BCUT2D eigenvalue weighted by Gasteiger charge is -2.43. The van der Waals surface area contributed by atoms with Gasteiger partial charge >= 0.3 is 0 Å². The molecule has 0 unspecified atom stereocenters. The number of nitro benzene ring substituents is 1. The van der Waals surface area contributed by atoms with Gasteiger partial charge in [0.25, 0.3) is 5.69 Å². The summed E-state index contributed by atoms with van der Waals surface area (Å²) in [6.07, 6.45) is 0. The number of nitro groups is 1. The Kier molecular flexibility index (Phi) is 4.16. The molecule has 2 N–H and O–H groups in total. The van der Waals surface area contributed by atoms with E-state index in [0.29, 0.717) is 5.56 Å². The third kappa shape index (κ3) is 2.91. The molecule has 0 saturated carbocycles. The summed E-state index contributed by atoms with van der Waals surface area (Å²) < 4.78 is 0. The van der Waals surface area contributed by atoms with Crippen LogP contribution >= 0.6 is 0 Å². The Labute approximate surface area is 131 Å². The van der Waals surface area contributed by atoms with Gasteiger partial charge in [-0.1, -0.05) is 12.1 Å². The van der Waals surface area contributed by atoms with Crippen LogP contribution in [0.1, 0.15) is 25.3 Å². The number of hydrogen-bond donors (Lipinski definition) is 2. The molecule has 1 aliphatic heterocycles. The van der Waals surface area contributed by atoms with Gasteiger partial charge in [-0.25, -0.2) is 0 Å². The number of carbonyl (C=O) groups is 2. The molecule has 120 valence electrons. The molecule has 0 aliphatic carbocycles. The average molecular weight is 317 g/mol. The van der Waals surface area contributed by atoms with Crippen molar-refractivity contribution < 1.29 is 19.6 Å². The number of nitrogens with one attached hydrogen (secondary N) is 1. The van der Waals surface area contributed by atoms with Crippen LogP contribution in [0.3, 0.4) is 0 Å². The highest BCUT2D eigenvalue weighted by molar-refractivity contribution is 5.89. The van der Waals surface area contributed by atoms with Crippen LogP contribution in [0.4, 0.5) is 5.69 Å². The molecular weight excluding hydrogens is 302 g/mol. The number of amides is 1. The highest BCUT2D eigenvalue weighted by Crippen LogP contribution is 2.42. The van der Waals surface area contributed by atoms with Crippen LogP contribution in [0.2, 0.25) is 0 Å². The zero-order valence-electron chi connectivity index (χ0n) is 12.5. The minimum atomic E-state index is -1.84. The fraction of sp³-hybridized carbons (Fsp3) is 0.400. The van der Waals surface area contributed by atoms with Crippen molar-refractivity contribution in [3.8, 4) is 6.07 Å². The number of hydrogen-bond acceptors (Lipinski definition) is 6. The van der Waals surface area contributed by atoms with Gasteiger partial charge in [0, 0.05) is 18.1 Å². The summed E-state index contributed by atoms with van der Waals surface area (Å²) in [7, 11) is 0. The van der Waals surface area contributed by atoms with Crippen LogP contribution in [-0.4, -0.2) is 27.4 Å². The Hall–Kier alpha value is -2.79. The number of nitriles is 1. The second kappa shape index (κ2) is 5.78. The van der Waals surface area contributed by atoms with Gasteiger partial charge < -0.3 is 10.4 Å². The minimum Gasteiger partial charge on any atom is -0.370 e. The number of piperidine rings is 1. The number of benzene rings is 1. The molecule has 8 heteroatoms. The van der Waals surface area contributed by atoms with E-state index >= 15 is 0 Å². The third-order valence-electron chi connectivity index (χ3n) is 4.03. The summed E-state index contributed by atoms with van der Waals surface area (Å²) in [5, 5.41) is 32.9. The van der Waals surface area contributed by atoms with Crippen molar-refractivity contribution in [3.05, 3.63) is 39.9 Å². The van der Waals surface area contributed by atoms with Crippen LogP contribution < -0.4 is 5.32 Å². The van der Waals surface area contributed by atoms with Gasteiger partial charge in [0.05, 0.1) is 16.9 Å². The van der Waals surface area contributed by atoms with E-state index in [0.717, 1.165) is 0 Å². The van der Waals surface area contributed by atoms with Crippen molar-refractivity contribution in [3.63, 3.8) is 0 Å². The maximum Gasteiger partial charge on any atom is 0.269 e. The van der Waals surface area contributed by atoms with Crippen LogP contribution in [0.5, 0.6) is 0 Å². The van der Waals surface area contributed by atoms with E-state index in [9.17, 15) is 30.1 Å². The predicted octanol–water partition coefficient (Wildman–Crippen LogP) is 0.862. The highest BCUT2D eigenvalue weighted by Gasteiger charge is 2.52. The van der Waals surface area contributed by atoms with E-state index in [4.69, 9.17) is 0 Å². The highest BCUT2D eigenvalue weighted by atomic mass is 16.6. The van der Waals surface area contributed by atoms with Crippen molar-refractivity contribution in [2.45, 2.75) is 25.5 Å². The van der Waals surface area contributed by atoms with Crippen molar-refractivity contribution in [1.82, 2.24) is 5.32 Å². The van der Waals surface area contributed by atoms with E-state index in [2.05, 4.69) is 5.32 Å². The lowest BCUT2D eigenvalue weighted by atomic mass is 9.68. The van der Waals surface area contributed by atoms with Gasteiger partial charge in [0.2, 0.25) is 5.91 Å².